The van der Waals surface area contributed by atoms with E-state index >= 15 is 0 Å². The Labute approximate surface area is 100 Å². The molecule has 2 N–H and O–H groups in total. The molecule has 0 bridgehead atoms. The third kappa shape index (κ3) is 3.01. The van der Waals surface area contributed by atoms with Crippen LogP contribution in [0.3, 0.4) is 0 Å². The van der Waals surface area contributed by atoms with Crippen molar-refractivity contribution in [3.05, 3.63) is 35.4 Å². The van der Waals surface area contributed by atoms with E-state index in [-0.39, 0.29) is 11.2 Å². The molecule has 17 heavy (non-hydrogen) atoms. The summed E-state index contributed by atoms with van der Waals surface area (Å²) in [6.07, 6.45) is 2.28. The lowest BCUT2D eigenvalue weighted by Gasteiger charge is -2.22. The Balaban J connectivity index is 1.98. The van der Waals surface area contributed by atoms with Gasteiger partial charge in [0.15, 0.2) is 0 Å². The Hall–Kier alpha value is -1.00. The fourth-order valence-electron chi connectivity index (χ4n) is 2.19. The van der Waals surface area contributed by atoms with Crippen LogP contribution in [-0.4, -0.2) is 25.0 Å². The largest absolute Gasteiger partial charge is 0.330 e. The van der Waals surface area contributed by atoms with Gasteiger partial charge in [0, 0.05) is 18.7 Å². The van der Waals surface area contributed by atoms with Crippen LogP contribution in [-0.2, 0) is 6.54 Å². The van der Waals surface area contributed by atoms with E-state index in [1.165, 1.54) is 12.1 Å². The summed E-state index contributed by atoms with van der Waals surface area (Å²) in [4.78, 5) is 2.01. The van der Waals surface area contributed by atoms with E-state index in [0.29, 0.717) is 18.7 Å². The normalized spacial score (nSPS) is 17.5. The molecular weight excluding hydrogens is 222 g/mol. The summed E-state index contributed by atoms with van der Waals surface area (Å²) >= 11 is 0. The summed E-state index contributed by atoms with van der Waals surface area (Å²) in [7, 11) is 1.92. The number of nitrogens with two attached hydrogens (primary N) is 1. The maximum Gasteiger partial charge on any atom is 0.127 e. The van der Waals surface area contributed by atoms with Crippen LogP contribution in [0.1, 0.15) is 18.4 Å². The zero-order valence-electron chi connectivity index (χ0n) is 10.0. The molecule has 0 saturated heterocycles. The van der Waals surface area contributed by atoms with E-state index in [2.05, 4.69) is 0 Å². The molecule has 0 unspecified atom stereocenters. The van der Waals surface area contributed by atoms with Crippen molar-refractivity contribution in [3.8, 4) is 0 Å². The Morgan fingerprint density at radius 2 is 2.06 bits per heavy atom. The highest BCUT2D eigenvalue weighted by molar-refractivity contribution is 5.18. The van der Waals surface area contributed by atoms with Crippen LogP contribution in [0.4, 0.5) is 8.78 Å². The molecule has 0 amide bonds. The van der Waals surface area contributed by atoms with Crippen molar-refractivity contribution in [3.63, 3.8) is 0 Å². The molecule has 1 aromatic carbocycles. The first-order chi connectivity index (χ1) is 8.04. The number of hydrogen-bond donors (Lipinski definition) is 1. The van der Waals surface area contributed by atoms with Crippen molar-refractivity contribution < 1.29 is 8.78 Å². The molecule has 1 aromatic rings. The summed E-state index contributed by atoms with van der Waals surface area (Å²) in [5, 5.41) is 0. The number of rotatable bonds is 5. The van der Waals surface area contributed by atoms with Gasteiger partial charge in [-0.15, -0.1) is 0 Å². The summed E-state index contributed by atoms with van der Waals surface area (Å²) in [5.41, 5.74) is 6.33. The highest BCUT2D eigenvalue weighted by Crippen LogP contribution is 2.45. The van der Waals surface area contributed by atoms with Crippen molar-refractivity contribution in [1.29, 1.82) is 0 Å². The minimum Gasteiger partial charge on any atom is -0.330 e. The van der Waals surface area contributed by atoms with Crippen LogP contribution in [0.2, 0.25) is 0 Å². The SMILES string of the molecule is CN(Cc1cc(F)ccc1F)CC1(CN)CC1. The van der Waals surface area contributed by atoms with Crippen LogP contribution < -0.4 is 5.73 Å². The molecule has 0 spiro atoms. The maximum atomic E-state index is 13.4. The van der Waals surface area contributed by atoms with Gasteiger partial charge in [-0.2, -0.15) is 0 Å². The second-order valence-corrected chi connectivity index (χ2v) is 5.11. The molecule has 0 heterocycles. The van der Waals surface area contributed by atoms with Crippen molar-refractivity contribution >= 4 is 0 Å². The molecular formula is C13H18F2N2. The van der Waals surface area contributed by atoms with Crippen LogP contribution in [0.5, 0.6) is 0 Å². The molecule has 0 aromatic heterocycles. The Bertz CT molecular complexity index is 402. The van der Waals surface area contributed by atoms with Gasteiger partial charge in [-0.3, -0.25) is 0 Å². The fourth-order valence-corrected chi connectivity index (χ4v) is 2.19. The van der Waals surface area contributed by atoms with Gasteiger partial charge in [-0.1, -0.05) is 0 Å². The summed E-state index contributed by atoms with van der Waals surface area (Å²) in [5.74, 6) is -0.745. The smallest absolute Gasteiger partial charge is 0.127 e. The first-order valence-electron chi connectivity index (χ1n) is 5.87. The predicted molar refractivity (Wildman–Crippen MR) is 63.4 cm³/mol. The number of nitrogens with zero attached hydrogens (tertiary/aromatic N) is 1. The van der Waals surface area contributed by atoms with E-state index in [4.69, 9.17) is 5.73 Å². The monoisotopic (exact) mass is 240 g/mol. The standard InChI is InChI=1S/C13H18F2N2/c1-17(9-13(8-16)4-5-13)7-10-6-11(14)2-3-12(10)15/h2-3,6H,4-5,7-9,16H2,1H3. The maximum absolute atomic E-state index is 13.4. The third-order valence-electron chi connectivity index (χ3n) is 3.44. The minimum absolute atomic E-state index is 0.221. The van der Waals surface area contributed by atoms with Crippen molar-refractivity contribution in [1.82, 2.24) is 4.90 Å². The van der Waals surface area contributed by atoms with Crippen LogP contribution in [0, 0.1) is 17.0 Å². The van der Waals surface area contributed by atoms with Gasteiger partial charge in [0.25, 0.3) is 0 Å². The Morgan fingerprint density at radius 3 is 2.65 bits per heavy atom. The lowest BCUT2D eigenvalue weighted by Crippen LogP contribution is -2.31. The molecule has 1 saturated carbocycles. The van der Waals surface area contributed by atoms with Crippen LogP contribution in [0.15, 0.2) is 18.2 Å². The second kappa shape index (κ2) is 4.70. The van der Waals surface area contributed by atoms with Gasteiger partial charge in [0.1, 0.15) is 11.6 Å². The summed E-state index contributed by atoms with van der Waals surface area (Å²) in [6.45, 7) is 1.94. The fraction of sp³-hybridized carbons (Fsp3) is 0.538. The van der Waals surface area contributed by atoms with Crippen molar-refractivity contribution in [2.75, 3.05) is 20.1 Å². The highest BCUT2D eigenvalue weighted by Gasteiger charge is 2.41. The van der Waals surface area contributed by atoms with Crippen LogP contribution in [0.25, 0.3) is 0 Å². The molecule has 0 radical (unpaired) electrons. The zero-order valence-corrected chi connectivity index (χ0v) is 10.0. The lowest BCUT2D eigenvalue weighted by molar-refractivity contribution is 0.256. The molecule has 1 aliphatic rings. The van der Waals surface area contributed by atoms with Gasteiger partial charge in [0.05, 0.1) is 0 Å². The van der Waals surface area contributed by atoms with Gasteiger partial charge in [0.2, 0.25) is 0 Å². The summed E-state index contributed by atoms with van der Waals surface area (Å²) in [6, 6.07) is 3.57. The average Bonchev–Trinajstić information content (AvgIpc) is 3.04. The molecule has 1 aliphatic carbocycles. The average molecular weight is 240 g/mol. The second-order valence-electron chi connectivity index (χ2n) is 5.11. The van der Waals surface area contributed by atoms with E-state index in [1.807, 2.05) is 11.9 Å². The summed E-state index contributed by atoms with van der Waals surface area (Å²) < 4.78 is 26.5. The molecule has 2 rings (SSSR count). The van der Waals surface area contributed by atoms with Crippen LogP contribution >= 0.6 is 0 Å². The highest BCUT2D eigenvalue weighted by atomic mass is 19.1. The van der Waals surface area contributed by atoms with Gasteiger partial charge in [-0.05, 0) is 50.0 Å². The van der Waals surface area contributed by atoms with Gasteiger partial charge in [-0.25, -0.2) is 8.78 Å². The Morgan fingerprint density at radius 1 is 1.35 bits per heavy atom. The van der Waals surface area contributed by atoms with E-state index in [1.54, 1.807) is 0 Å². The number of halogens is 2. The topological polar surface area (TPSA) is 29.3 Å². The minimum atomic E-state index is -0.394. The molecule has 0 atom stereocenters. The van der Waals surface area contributed by atoms with Crippen molar-refractivity contribution in [2.24, 2.45) is 11.1 Å². The quantitative estimate of drug-likeness (QED) is 0.854. The number of benzene rings is 1. The van der Waals surface area contributed by atoms with E-state index in [9.17, 15) is 8.78 Å². The van der Waals surface area contributed by atoms with Crippen molar-refractivity contribution in [2.45, 2.75) is 19.4 Å². The number of hydrogen-bond acceptors (Lipinski definition) is 2. The lowest BCUT2D eigenvalue weighted by atomic mass is 10.1. The van der Waals surface area contributed by atoms with E-state index in [0.717, 1.165) is 25.5 Å². The van der Waals surface area contributed by atoms with Gasteiger partial charge >= 0.3 is 0 Å². The zero-order chi connectivity index (χ0) is 12.5. The first kappa shape index (κ1) is 12.5. The van der Waals surface area contributed by atoms with E-state index < -0.39 is 5.82 Å². The third-order valence-corrected chi connectivity index (χ3v) is 3.44. The predicted octanol–water partition coefficient (Wildman–Crippen LogP) is 2.14. The molecule has 94 valence electrons. The molecule has 4 heteroatoms. The van der Waals surface area contributed by atoms with Gasteiger partial charge < -0.3 is 10.6 Å². The molecule has 2 nitrogen and oxygen atoms in total. The molecule has 1 fully saturated rings. The Kier molecular flexibility index (Phi) is 3.45. The first-order valence-corrected chi connectivity index (χ1v) is 5.87. The molecule has 0 aliphatic heterocycles.